The van der Waals surface area contributed by atoms with Gasteiger partial charge in [-0.3, -0.25) is 5.01 Å². The van der Waals surface area contributed by atoms with Crippen LogP contribution < -0.4 is 0 Å². The van der Waals surface area contributed by atoms with E-state index in [-0.39, 0.29) is 6.10 Å². The number of hydrazone groups is 1. The summed E-state index contributed by atoms with van der Waals surface area (Å²) in [6.07, 6.45) is 15.4. The summed E-state index contributed by atoms with van der Waals surface area (Å²) < 4.78 is 24.2. The van der Waals surface area contributed by atoms with Crippen LogP contribution >= 0.6 is 0 Å². The number of ether oxygens (including phenoxy) is 3. The van der Waals surface area contributed by atoms with Crippen molar-refractivity contribution in [1.29, 1.82) is 0 Å². The third-order valence-electron chi connectivity index (χ3n) is 8.46. The maximum atomic E-state index is 6.50. The van der Waals surface area contributed by atoms with Crippen molar-refractivity contribution in [1.82, 2.24) is 5.01 Å². The average molecular weight is 541 g/mol. The summed E-state index contributed by atoms with van der Waals surface area (Å²) >= 11 is 0. The van der Waals surface area contributed by atoms with E-state index in [0.29, 0.717) is 23.8 Å². The van der Waals surface area contributed by atoms with Crippen molar-refractivity contribution >= 4 is 14.0 Å². The Balaban J connectivity index is 1.61. The van der Waals surface area contributed by atoms with Gasteiger partial charge in [-0.2, -0.15) is 5.10 Å². The largest absolute Gasteiger partial charge is 0.414 e. The van der Waals surface area contributed by atoms with Crippen molar-refractivity contribution in [3.05, 3.63) is 0 Å². The fourth-order valence-corrected chi connectivity index (χ4v) is 6.62. The lowest BCUT2D eigenvalue weighted by molar-refractivity contribution is -0.236. The molecule has 7 heteroatoms. The summed E-state index contributed by atoms with van der Waals surface area (Å²) in [7, 11) is 0.138. The minimum atomic E-state index is -1.63. The molecule has 0 aromatic rings. The topological polar surface area (TPSA) is 52.5 Å². The first-order valence-corrected chi connectivity index (χ1v) is 18.1. The average Bonchev–Trinajstić information content (AvgIpc) is 3.22. The second-order valence-corrected chi connectivity index (χ2v) is 18.2. The number of methoxy groups -OCH3 is 1. The van der Waals surface area contributed by atoms with Crippen molar-refractivity contribution in [3.63, 3.8) is 0 Å². The molecule has 2 heterocycles. The predicted octanol–water partition coefficient (Wildman–Crippen LogP) is 7.92. The summed E-state index contributed by atoms with van der Waals surface area (Å²) in [4.78, 5) is 0. The lowest BCUT2D eigenvalue weighted by Gasteiger charge is -2.38. The quantitative estimate of drug-likeness (QED) is 0.147. The zero-order valence-electron chi connectivity index (χ0n) is 25.9. The molecular weight excluding hydrogens is 480 g/mol. The van der Waals surface area contributed by atoms with E-state index in [1.54, 1.807) is 7.11 Å². The van der Waals surface area contributed by atoms with Crippen LogP contribution in [-0.2, 0) is 18.6 Å². The number of hydrogen-bond acceptors (Lipinski definition) is 6. The standard InChI is InChI=1S/C30H60N2O4Si/c1-25(36-37(8,9)29(2,3)4)19-16-14-12-10-11-13-15-17-21-28-27(24-34-30(5,6)35-28)31-32-22-18-20-26(32)23-33-7/h25-26,28H,10-24H2,1-9H3/b31-27-/t25-,26+,28+/m0/s1. The first-order valence-electron chi connectivity index (χ1n) is 15.2. The van der Waals surface area contributed by atoms with E-state index in [0.717, 1.165) is 31.7 Å². The highest BCUT2D eigenvalue weighted by molar-refractivity contribution is 6.74. The van der Waals surface area contributed by atoms with Gasteiger partial charge < -0.3 is 18.6 Å². The third kappa shape index (κ3) is 11.7. The lowest BCUT2D eigenvalue weighted by Crippen LogP contribution is -2.47. The number of nitrogens with zero attached hydrogens (tertiary/aromatic N) is 2. The van der Waals surface area contributed by atoms with Gasteiger partial charge in [-0.05, 0) is 64.6 Å². The van der Waals surface area contributed by atoms with Crippen LogP contribution in [0.25, 0.3) is 0 Å². The second kappa shape index (κ2) is 15.4. The Labute approximate surface area is 230 Å². The smallest absolute Gasteiger partial charge is 0.192 e. The lowest BCUT2D eigenvalue weighted by atomic mass is 10.0. The minimum Gasteiger partial charge on any atom is -0.414 e. The van der Waals surface area contributed by atoms with Crippen LogP contribution in [0.15, 0.2) is 5.10 Å². The zero-order chi connectivity index (χ0) is 27.5. The first-order chi connectivity index (χ1) is 17.3. The molecule has 0 spiro atoms. The second-order valence-electron chi connectivity index (χ2n) is 13.4. The molecule has 37 heavy (non-hydrogen) atoms. The summed E-state index contributed by atoms with van der Waals surface area (Å²) in [5.74, 6) is -0.534. The molecule has 0 bridgehead atoms. The maximum Gasteiger partial charge on any atom is 0.192 e. The van der Waals surface area contributed by atoms with Crippen LogP contribution in [0.1, 0.15) is 119 Å². The molecule has 3 atom stereocenters. The number of hydrogen-bond donors (Lipinski definition) is 0. The summed E-state index contributed by atoms with van der Waals surface area (Å²) in [5.41, 5.74) is 1.05. The summed E-state index contributed by atoms with van der Waals surface area (Å²) in [6.45, 7) is 20.3. The van der Waals surface area contributed by atoms with E-state index < -0.39 is 14.1 Å². The highest BCUT2D eigenvalue weighted by Gasteiger charge is 2.38. The molecule has 0 radical (unpaired) electrons. The van der Waals surface area contributed by atoms with E-state index in [4.69, 9.17) is 23.7 Å². The van der Waals surface area contributed by atoms with Crippen molar-refractivity contribution in [3.8, 4) is 0 Å². The van der Waals surface area contributed by atoms with Gasteiger partial charge in [-0.1, -0.05) is 72.1 Å². The molecule has 6 nitrogen and oxygen atoms in total. The minimum absolute atomic E-state index is 0.0584. The van der Waals surface area contributed by atoms with Crippen LogP contribution in [0.3, 0.4) is 0 Å². The Morgan fingerprint density at radius 2 is 1.68 bits per heavy atom. The monoisotopic (exact) mass is 540 g/mol. The van der Waals surface area contributed by atoms with Gasteiger partial charge in [-0.25, -0.2) is 0 Å². The molecule has 2 aliphatic heterocycles. The molecule has 2 fully saturated rings. The molecule has 218 valence electrons. The van der Waals surface area contributed by atoms with Crippen LogP contribution in [0.4, 0.5) is 0 Å². The molecule has 0 N–H and O–H groups in total. The fraction of sp³-hybridized carbons (Fsp3) is 0.967. The Morgan fingerprint density at radius 3 is 2.30 bits per heavy atom. The van der Waals surface area contributed by atoms with Crippen LogP contribution in [0.2, 0.25) is 18.1 Å². The van der Waals surface area contributed by atoms with Gasteiger partial charge in [0.05, 0.1) is 25.0 Å². The van der Waals surface area contributed by atoms with E-state index in [1.165, 1.54) is 64.2 Å². The molecule has 0 aromatic heterocycles. The molecule has 0 aliphatic carbocycles. The van der Waals surface area contributed by atoms with Gasteiger partial charge in [-0.15, -0.1) is 0 Å². The Morgan fingerprint density at radius 1 is 1.05 bits per heavy atom. The van der Waals surface area contributed by atoms with Crippen molar-refractivity contribution in [2.75, 3.05) is 26.9 Å². The Kier molecular flexibility index (Phi) is 13.6. The first kappa shape index (κ1) is 32.7. The molecule has 0 amide bonds. The molecular formula is C30H60N2O4Si. The van der Waals surface area contributed by atoms with E-state index in [9.17, 15) is 0 Å². The van der Waals surface area contributed by atoms with Crippen molar-refractivity contribution in [2.45, 2.75) is 161 Å². The van der Waals surface area contributed by atoms with Crippen LogP contribution in [0, 0.1) is 0 Å². The summed E-state index contributed by atoms with van der Waals surface area (Å²) in [6, 6.07) is 0.376. The predicted molar refractivity (Wildman–Crippen MR) is 158 cm³/mol. The molecule has 0 unspecified atom stereocenters. The maximum absolute atomic E-state index is 6.50. The Bertz CT molecular complexity index is 677. The van der Waals surface area contributed by atoms with Gasteiger partial charge in [0, 0.05) is 19.8 Å². The highest BCUT2D eigenvalue weighted by Crippen LogP contribution is 2.37. The van der Waals surface area contributed by atoms with Crippen LogP contribution in [0.5, 0.6) is 0 Å². The molecule has 2 rings (SSSR count). The van der Waals surface area contributed by atoms with Gasteiger partial charge in [0.1, 0.15) is 6.10 Å². The summed E-state index contributed by atoms with van der Waals surface area (Å²) in [5, 5.41) is 7.50. The number of rotatable bonds is 16. The van der Waals surface area contributed by atoms with Gasteiger partial charge >= 0.3 is 0 Å². The molecule has 2 aliphatic rings. The zero-order valence-corrected chi connectivity index (χ0v) is 26.9. The third-order valence-corrected chi connectivity index (χ3v) is 13.1. The Hall–Kier alpha value is -0.473. The normalized spacial score (nSPS) is 24.7. The van der Waals surface area contributed by atoms with Crippen molar-refractivity contribution in [2.24, 2.45) is 5.10 Å². The molecule has 0 aromatic carbocycles. The van der Waals surface area contributed by atoms with Gasteiger partial charge in [0.15, 0.2) is 14.1 Å². The van der Waals surface area contributed by atoms with Gasteiger partial charge in [0.2, 0.25) is 0 Å². The number of unbranched alkanes of at least 4 members (excludes halogenated alkanes) is 7. The fourth-order valence-electron chi connectivity index (χ4n) is 5.14. The SMILES string of the molecule is COC[C@H]1CCCN1/N=C1/COC(C)(C)O[C@@H]1CCCCCCCCCC[C@H](C)O[Si](C)(C)C(C)(C)C. The van der Waals surface area contributed by atoms with E-state index in [1.807, 2.05) is 13.8 Å². The van der Waals surface area contributed by atoms with E-state index in [2.05, 4.69) is 45.8 Å². The molecule has 0 saturated carbocycles. The molecule has 2 saturated heterocycles. The van der Waals surface area contributed by atoms with E-state index >= 15 is 0 Å². The highest BCUT2D eigenvalue weighted by atomic mass is 28.4. The van der Waals surface area contributed by atoms with Gasteiger partial charge in [0.25, 0.3) is 0 Å². The van der Waals surface area contributed by atoms with Crippen molar-refractivity contribution < 1.29 is 18.6 Å². The van der Waals surface area contributed by atoms with Crippen LogP contribution in [-0.4, -0.2) is 69.9 Å².